The van der Waals surface area contributed by atoms with Crippen LogP contribution in [0, 0.1) is 5.92 Å². The monoisotopic (exact) mass is 250 g/mol. The molecule has 1 spiro atoms. The minimum absolute atomic E-state index is 0.104. The molecule has 18 heavy (non-hydrogen) atoms. The number of carbonyl (C=O) groups excluding carboxylic acids is 2. The van der Waals surface area contributed by atoms with Gasteiger partial charge in [-0.3, -0.25) is 9.59 Å². The van der Waals surface area contributed by atoms with Gasteiger partial charge in [0.15, 0.2) is 0 Å². The van der Waals surface area contributed by atoms with Crippen molar-refractivity contribution in [1.82, 2.24) is 10.2 Å². The molecule has 1 N–H and O–H groups in total. The highest BCUT2D eigenvalue weighted by atomic mass is 16.2. The SMILES string of the molecule is CCCN1C(=O)C2(CCCC2)NC(=O)C1C1CC1. The van der Waals surface area contributed by atoms with Gasteiger partial charge in [0.2, 0.25) is 11.8 Å². The van der Waals surface area contributed by atoms with E-state index in [1.807, 2.05) is 4.90 Å². The van der Waals surface area contributed by atoms with Crippen LogP contribution in [0.5, 0.6) is 0 Å². The van der Waals surface area contributed by atoms with Crippen molar-refractivity contribution in [3.05, 3.63) is 0 Å². The molecule has 3 rings (SSSR count). The van der Waals surface area contributed by atoms with Crippen molar-refractivity contribution >= 4 is 11.8 Å². The molecule has 4 heteroatoms. The van der Waals surface area contributed by atoms with Crippen LogP contribution in [0.4, 0.5) is 0 Å². The predicted molar refractivity (Wildman–Crippen MR) is 67.9 cm³/mol. The van der Waals surface area contributed by atoms with Crippen molar-refractivity contribution in [3.8, 4) is 0 Å². The summed E-state index contributed by atoms with van der Waals surface area (Å²) in [5.74, 6) is 0.713. The Hall–Kier alpha value is -1.06. The maximum absolute atomic E-state index is 12.7. The Labute approximate surface area is 108 Å². The minimum Gasteiger partial charge on any atom is -0.340 e. The van der Waals surface area contributed by atoms with Gasteiger partial charge in [-0.05, 0) is 38.0 Å². The molecule has 0 aromatic carbocycles. The normalized spacial score (nSPS) is 30.9. The number of rotatable bonds is 3. The lowest BCUT2D eigenvalue weighted by molar-refractivity contribution is -0.155. The van der Waals surface area contributed by atoms with Gasteiger partial charge >= 0.3 is 0 Å². The average molecular weight is 250 g/mol. The number of hydrogen-bond donors (Lipinski definition) is 1. The van der Waals surface area contributed by atoms with E-state index in [0.717, 1.165) is 51.5 Å². The van der Waals surface area contributed by atoms with Crippen LogP contribution in [0.2, 0.25) is 0 Å². The van der Waals surface area contributed by atoms with Crippen molar-refractivity contribution in [2.45, 2.75) is 63.5 Å². The van der Waals surface area contributed by atoms with Crippen LogP contribution >= 0.6 is 0 Å². The van der Waals surface area contributed by atoms with Crippen LogP contribution < -0.4 is 5.32 Å². The molecule has 1 heterocycles. The van der Waals surface area contributed by atoms with Crippen LogP contribution in [0.1, 0.15) is 51.9 Å². The highest BCUT2D eigenvalue weighted by Gasteiger charge is 2.54. The lowest BCUT2D eigenvalue weighted by Gasteiger charge is -2.44. The van der Waals surface area contributed by atoms with Crippen molar-refractivity contribution in [2.24, 2.45) is 5.92 Å². The first-order chi connectivity index (χ1) is 8.68. The van der Waals surface area contributed by atoms with Gasteiger partial charge in [0.05, 0.1) is 0 Å². The summed E-state index contributed by atoms with van der Waals surface area (Å²) >= 11 is 0. The van der Waals surface area contributed by atoms with Gasteiger partial charge in [0.1, 0.15) is 11.6 Å². The molecule has 2 saturated carbocycles. The van der Waals surface area contributed by atoms with E-state index < -0.39 is 5.54 Å². The molecule has 3 fully saturated rings. The van der Waals surface area contributed by atoms with E-state index in [1.165, 1.54) is 0 Å². The van der Waals surface area contributed by atoms with E-state index in [2.05, 4.69) is 12.2 Å². The first-order valence-electron chi connectivity index (χ1n) is 7.31. The van der Waals surface area contributed by atoms with Gasteiger partial charge in [0, 0.05) is 6.54 Å². The van der Waals surface area contributed by atoms with Crippen molar-refractivity contribution in [2.75, 3.05) is 6.54 Å². The van der Waals surface area contributed by atoms with Crippen molar-refractivity contribution < 1.29 is 9.59 Å². The number of nitrogens with one attached hydrogen (secondary N) is 1. The molecule has 2 aliphatic carbocycles. The maximum atomic E-state index is 12.7. The van der Waals surface area contributed by atoms with Crippen LogP contribution in [0.25, 0.3) is 0 Å². The number of nitrogens with zero attached hydrogens (tertiary/aromatic N) is 1. The smallest absolute Gasteiger partial charge is 0.249 e. The van der Waals surface area contributed by atoms with E-state index in [4.69, 9.17) is 0 Å². The molecular formula is C14H22N2O2. The Bertz CT molecular complexity index is 370. The molecule has 0 radical (unpaired) electrons. The molecule has 100 valence electrons. The van der Waals surface area contributed by atoms with E-state index in [1.54, 1.807) is 0 Å². The molecular weight excluding hydrogens is 228 g/mol. The number of carbonyl (C=O) groups is 2. The summed E-state index contributed by atoms with van der Waals surface area (Å²) in [5.41, 5.74) is -0.544. The molecule has 2 amide bonds. The molecule has 1 aliphatic heterocycles. The van der Waals surface area contributed by atoms with Gasteiger partial charge in [-0.2, -0.15) is 0 Å². The van der Waals surface area contributed by atoms with Gasteiger partial charge in [0.25, 0.3) is 0 Å². The topological polar surface area (TPSA) is 49.4 Å². The number of hydrogen-bond acceptors (Lipinski definition) is 2. The van der Waals surface area contributed by atoms with Gasteiger partial charge in [-0.1, -0.05) is 19.8 Å². The number of amides is 2. The van der Waals surface area contributed by atoms with Crippen molar-refractivity contribution in [3.63, 3.8) is 0 Å². The lowest BCUT2D eigenvalue weighted by Crippen LogP contribution is -2.70. The molecule has 3 aliphatic rings. The Kier molecular flexibility index (Phi) is 2.83. The maximum Gasteiger partial charge on any atom is 0.249 e. The van der Waals surface area contributed by atoms with E-state index in [9.17, 15) is 9.59 Å². The van der Waals surface area contributed by atoms with E-state index in [0.29, 0.717) is 5.92 Å². The molecule has 4 nitrogen and oxygen atoms in total. The highest BCUT2D eigenvalue weighted by molar-refractivity contribution is 6.00. The minimum atomic E-state index is -0.544. The van der Waals surface area contributed by atoms with Crippen LogP contribution in [0.3, 0.4) is 0 Å². The summed E-state index contributed by atoms with van der Waals surface area (Å²) in [6, 6.07) is -0.177. The molecule has 0 aromatic rings. The molecule has 0 aromatic heterocycles. The third kappa shape index (κ3) is 1.73. The first kappa shape index (κ1) is 12.0. The Balaban J connectivity index is 1.88. The average Bonchev–Trinajstić information content (AvgIpc) is 3.06. The summed E-state index contributed by atoms with van der Waals surface area (Å²) in [6.07, 6.45) is 6.89. The quantitative estimate of drug-likeness (QED) is 0.824. The highest BCUT2D eigenvalue weighted by Crippen LogP contribution is 2.41. The fraction of sp³-hybridized carbons (Fsp3) is 0.857. The Morgan fingerprint density at radius 1 is 1.28 bits per heavy atom. The third-order valence-electron chi connectivity index (χ3n) is 4.63. The second kappa shape index (κ2) is 4.25. The zero-order valence-electron chi connectivity index (χ0n) is 11.1. The molecule has 1 atom stereocenters. The van der Waals surface area contributed by atoms with Gasteiger partial charge in [-0.25, -0.2) is 0 Å². The van der Waals surface area contributed by atoms with Crippen LogP contribution in [0.15, 0.2) is 0 Å². The first-order valence-corrected chi connectivity index (χ1v) is 7.31. The zero-order chi connectivity index (χ0) is 12.8. The Morgan fingerprint density at radius 3 is 2.50 bits per heavy atom. The van der Waals surface area contributed by atoms with Gasteiger partial charge < -0.3 is 10.2 Å². The summed E-state index contributed by atoms with van der Waals surface area (Å²) in [6.45, 7) is 2.81. The summed E-state index contributed by atoms with van der Waals surface area (Å²) in [7, 11) is 0. The Morgan fingerprint density at radius 2 is 1.94 bits per heavy atom. The molecule has 1 unspecified atom stereocenters. The fourth-order valence-corrected chi connectivity index (χ4v) is 3.59. The molecule has 0 bridgehead atoms. The largest absolute Gasteiger partial charge is 0.340 e. The third-order valence-corrected chi connectivity index (χ3v) is 4.63. The second-order valence-electron chi connectivity index (χ2n) is 6.06. The standard InChI is InChI=1S/C14H22N2O2/c1-2-9-16-11(10-5-6-10)12(17)15-14(13(16)18)7-3-4-8-14/h10-11H,2-9H2,1H3,(H,15,17). The second-order valence-corrected chi connectivity index (χ2v) is 6.06. The van der Waals surface area contributed by atoms with Crippen LogP contribution in [-0.4, -0.2) is 34.8 Å². The van der Waals surface area contributed by atoms with Gasteiger partial charge in [-0.15, -0.1) is 0 Å². The van der Waals surface area contributed by atoms with E-state index >= 15 is 0 Å². The summed E-state index contributed by atoms with van der Waals surface area (Å²) in [4.78, 5) is 27.0. The molecule has 1 saturated heterocycles. The lowest BCUT2D eigenvalue weighted by atomic mass is 9.89. The predicted octanol–water partition coefficient (Wildman–Crippen LogP) is 1.45. The fourth-order valence-electron chi connectivity index (χ4n) is 3.59. The summed E-state index contributed by atoms with van der Waals surface area (Å²) in [5, 5.41) is 3.07. The van der Waals surface area contributed by atoms with Crippen molar-refractivity contribution in [1.29, 1.82) is 0 Å². The number of piperazine rings is 1. The zero-order valence-corrected chi connectivity index (χ0v) is 11.1. The van der Waals surface area contributed by atoms with E-state index in [-0.39, 0.29) is 17.9 Å². The van der Waals surface area contributed by atoms with Crippen LogP contribution in [-0.2, 0) is 9.59 Å². The summed E-state index contributed by atoms with van der Waals surface area (Å²) < 4.78 is 0.